The van der Waals surface area contributed by atoms with Crippen LogP contribution in [0.4, 0.5) is 0 Å². The summed E-state index contributed by atoms with van der Waals surface area (Å²) >= 11 is 0. The first-order valence-electron chi connectivity index (χ1n) is 3.64. The molecule has 0 saturated carbocycles. The molecule has 1 aromatic carbocycles. The van der Waals surface area contributed by atoms with Crippen LogP contribution in [-0.4, -0.2) is 14.4 Å². The molecule has 0 bridgehead atoms. The molecule has 1 aromatic rings. The number of halogens is 1. The molecule has 0 atom stereocenters. The molecule has 0 aliphatic carbocycles. The number of benzene rings is 1. The van der Waals surface area contributed by atoms with Gasteiger partial charge in [0.15, 0.2) is 0 Å². The van der Waals surface area contributed by atoms with E-state index in [4.69, 9.17) is 10.7 Å². The fourth-order valence-electron chi connectivity index (χ4n) is 0.937. The summed E-state index contributed by atoms with van der Waals surface area (Å²) in [6.07, 6.45) is 0. The van der Waals surface area contributed by atoms with Crippen LogP contribution in [0.1, 0.15) is 15.9 Å². The zero-order valence-corrected chi connectivity index (χ0v) is 8.80. The summed E-state index contributed by atoms with van der Waals surface area (Å²) < 4.78 is 24.9. The van der Waals surface area contributed by atoms with Crippen LogP contribution in [0.25, 0.3) is 0 Å². The lowest BCUT2D eigenvalue weighted by molar-refractivity contribution is 0.0751. The van der Waals surface area contributed by atoms with Crippen molar-refractivity contribution in [3.8, 4) is 0 Å². The molecule has 4 nitrogen and oxygen atoms in total. The predicted octanol–water partition coefficient (Wildman–Crippen LogP) is 1.64. The first kappa shape index (κ1) is 11.0. The quantitative estimate of drug-likeness (QED) is 0.730. The van der Waals surface area contributed by atoms with Gasteiger partial charge in [0.25, 0.3) is 0 Å². The minimum Gasteiger partial charge on any atom is -0.330 e. The third-order valence-corrected chi connectivity index (χ3v) is 2.08. The van der Waals surface area contributed by atoms with Gasteiger partial charge in [-0.3, -0.25) is 0 Å². The average molecular weight is 235 g/mol. The van der Waals surface area contributed by atoms with Crippen molar-refractivity contribution in [2.75, 3.05) is 0 Å². The van der Waals surface area contributed by atoms with Crippen molar-refractivity contribution in [3.05, 3.63) is 35.4 Å². The van der Waals surface area contributed by atoms with Gasteiger partial charge in [0.1, 0.15) is 0 Å². The lowest BCUT2D eigenvalue weighted by Gasteiger charge is -2.02. The number of rotatable bonds is 2. The van der Waals surface area contributed by atoms with Crippen LogP contribution in [0.5, 0.6) is 0 Å². The topological polar surface area (TPSA) is 60.4 Å². The molecule has 14 heavy (non-hydrogen) atoms. The highest BCUT2D eigenvalue weighted by atomic mass is 35.7. The van der Waals surface area contributed by atoms with E-state index >= 15 is 0 Å². The maximum absolute atomic E-state index is 11.2. The standard InChI is InChI=1S/C8H7ClO4S/c1-6-4-2-3-5-7(6)8(10)13-14(9,11)12/h2-5H,1H3. The Morgan fingerprint density at radius 1 is 1.36 bits per heavy atom. The van der Waals surface area contributed by atoms with Crippen molar-refractivity contribution in [1.29, 1.82) is 0 Å². The first-order valence-corrected chi connectivity index (χ1v) is 5.87. The zero-order chi connectivity index (χ0) is 10.8. The van der Waals surface area contributed by atoms with Crippen LogP contribution < -0.4 is 0 Å². The molecule has 76 valence electrons. The van der Waals surface area contributed by atoms with Crippen molar-refractivity contribution >= 4 is 26.0 Å². The van der Waals surface area contributed by atoms with E-state index < -0.39 is 15.3 Å². The summed E-state index contributed by atoms with van der Waals surface area (Å²) in [5.41, 5.74) is 0.801. The normalized spacial score (nSPS) is 11.0. The van der Waals surface area contributed by atoms with Crippen molar-refractivity contribution in [2.45, 2.75) is 6.92 Å². The summed E-state index contributed by atoms with van der Waals surface area (Å²) in [6.45, 7) is 1.66. The Morgan fingerprint density at radius 3 is 2.43 bits per heavy atom. The van der Waals surface area contributed by atoms with Gasteiger partial charge in [-0.1, -0.05) is 18.2 Å². The largest absolute Gasteiger partial charge is 0.404 e. The van der Waals surface area contributed by atoms with Crippen molar-refractivity contribution < 1.29 is 17.4 Å². The van der Waals surface area contributed by atoms with E-state index in [9.17, 15) is 13.2 Å². The molecule has 0 aliphatic heterocycles. The van der Waals surface area contributed by atoms with Crippen molar-refractivity contribution in [3.63, 3.8) is 0 Å². The second-order valence-corrected chi connectivity index (χ2v) is 4.67. The molecule has 0 heterocycles. The van der Waals surface area contributed by atoms with Crippen LogP contribution in [-0.2, 0) is 13.5 Å². The molecular weight excluding hydrogens is 228 g/mol. The second kappa shape index (κ2) is 3.98. The molecule has 0 aromatic heterocycles. The smallest absolute Gasteiger partial charge is 0.330 e. The SMILES string of the molecule is Cc1ccccc1C(=O)OS(=O)(=O)Cl. The Balaban J connectivity index is 2.97. The van der Waals surface area contributed by atoms with E-state index in [1.807, 2.05) is 0 Å². The summed E-state index contributed by atoms with van der Waals surface area (Å²) in [7, 11) is 0.494. The van der Waals surface area contributed by atoms with E-state index in [-0.39, 0.29) is 5.56 Å². The number of aryl methyl sites for hydroxylation is 1. The minimum absolute atomic E-state index is 0.178. The van der Waals surface area contributed by atoms with Crippen LogP contribution in [0, 0.1) is 6.92 Å². The Hall–Kier alpha value is -1.07. The average Bonchev–Trinajstić information content (AvgIpc) is 2.01. The van der Waals surface area contributed by atoms with Gasteiger partial charge in [0.2, 0.25) is 0 Å². The number of hydrogen-bond acceptors (Lipinski definition) is 4. The number of carbonyl (C=O) groups is 1. The van der Waals surface area contributed by atoms with Gasteiger partial charge in [0.05, 0.1) is 16.2 Å². The number of carbonyl (C=O) groups excluding carboxylic acids is 1. The minimum atomic E-state index is -4.27. The summed E-state index contributed by atoms with van der Waals surface area (Å²) in [5, 5.41) is 0. The van der Waals surface area contributed by atoms with Crippen LogP contribution >= 0.6 is 10.7 Å². The molecule has 1 rings (SSSR count). The van der Waals surface area contributed by atoms with Crippen LogP contribution in [0.2, 0.25) is 0 Å². The van der Waals surface area contributed by atoms with Gasteiger partial charge in [-0.05, 0) is 18.6 Å². The fraction of sp³-hybridized carbons (Fsp3) is 0.125. The first-order chi connectivity index (χ1) is 6.40. The molecule has 0 aliphatic rings. The van der Waals surface area contributed by atoms with Gasteiger partial charge in [-0.2, -0.15) is 8.42 Å². The van der Waals surface area contributed by atoms with E-state index in [2.05, 4.69) is 4.18 Å². The molecule has 0 radical (unpaired) electrons. The van der Waals surface area contributed by atoms with Crippen molar-refractivity contribution in [1.82, 2.24) is 0 Å². The highest BCUT2D eigenvalue weighted by Crippen LogP contribution is 2.11. The molecule has 0 amide bonds. The maximum atomic E-state index is 11.2. The molecule has 0 spiro atoms. The van der Waals surface area contributed by atoms with Gasteiger partial charge in [-0.25, -0.2) is 4.79 Å². The molecule has 6 heteroatoms. The second-order valence-electron chi connectivity index (χ2n) is 2.58. The van der Waals surface area contributed by atoms with Gasteiger partial charge < -0.3 is 4.18 Å². The van der Waals surface area contributed by atoms with Gasteiger partial charge in [-0.15, -0.1) is 0 Å². The van der Waals surface area contributed by atoms with E-state index in [1.165, 1.54) is 6.07 Å². The Morgan fingerprint density at radius 2 is 1.93 bits per heavy atom. The Labute approximate surface area is 86.1 Å². The summed E-state index contributed by atoms with van der Waals surface area (Å²) in [4.78, 5) is 11.2. The van der Waals surface area contributed by atoms with E-state index in [1.54, 1.807) is 25.1 Å². The van der Waals surface area contributed by atoms with Crippen LogP contribution in [0.15, 0.2) is 24.3 Å². The zero-order valence-electron chi connectivity index (χ0n) is 7.23. The predicted molar refractivity (Wildman–Crippen MR) is 51.4 cm³/mol. The lowest BCUT2D eigenvalue weighted by Crippen LogP contribution is -2.09. The maximum Gasteiger partial charge on any atom is 0.404 e. The molecule has 0 unspecified atom stereocenters. The van der Waals surface area contributed by atoms with Gasteiger partial charge in [0, 0.05) is 0 Å². The highest BCUT2D eigenvalue weighted by molar-refractivity contribution is 8.10. The summed E-state index contributed by atoms with van der Waals surface area (Å²) in [6, 6.07) is 6.45. The van der Waals surface area contributed by atoms with Crippen molar-refractivity contribution in [2.24, 2.45) is 0 Å². The highest BCUT2D eigenvalue weighted by Gasteiger charge is 2.16. The molecule has 0 saturated heterocycles. The fourth-order valence-corrected chi connectivity index (χ4v) is 1.38. The molecule has 0 N–H and O–H groups in total. The third-order valence-electron chi connectivity index (χ3n) is 1.54. The summed E-state index contributed by atoms with van der Waals surface area (Å²) in [5.74, 6) is -0.974. The van der Waals surface area contributed by atoms with E-state index in [0.29, 0.717) is 5.56 Å². The Bertz CT molecular complexity index is 452. The van der Waals surface area contributed by atoms with Crippen LogP contribution in [0.3, 0.4) is 0 Å². The molecule has 0 fully saturated rings. The third kappa shape index (κ3) is 3.01. The number of hydrogen-bond donors (Lipinski definition) is 0. The van der Waals surface area contributed by atoms with Gasteiger partial charge >= 0.3 is 15.3 Å². The molecular formula is C8H7ClO4S. The monoisotopic (exact) mass is 234 g/mol. The lowest BCUT2D eigenvalue weighted by atomic mass is 10.1. The van der Waals surface area contributed by atoms with E-state index in [0.717, 1.165) is 0 Å². The Kier molecular flexibility index (Phi) is 3.13.